The van der Waals surface area contributed by atoms with Gasteiger partial charge in [-0.3, -0.25) is 4.79 Å². The number of thiophene rings is 1. The molecule has 2 aromatic heterocycles. The van der Waals surface area contributed by atoms with Crippen LogP contribution >= 0.6 is 22.9 Å². The van der Waals surface area contributed by atoms with Gasteiger partial charge in [-0.1, -0.05) is 61.0 Å². The third kappa shape index (κ3) is 4.97. The standard InChI is InChI=1S/C30H31ClN4OS/c1-20-11-13-23-25(19-20)37-29-27(23)28(32-26(33-29)14-12-21-7-3-2-4-8-21)34-15-17-35(18-16-34)30(36)22-9-5-6-10-24(22)31/h2-10,20H,11-19H2,1H3. The molecule has 0 bridgehead atoms. The van der Waals surface area contributed by atoms with E-state index in [2.05, 4.69) is 42.2 Å². The number of piperazine rings is 1. The van der Waals surface area contributed by atoms with Crippen molar-refractivity contribution in [2.24, 2.45) is 5.92 Å². The highest BCUT2D eigenvalue weighted by atomic mass is 35.5. The van der Waals surface area contributed by atoms with Crippen LogP contribution in [0.4, 0.5) is 5.82 Å². The Balaban J connectivity index is 1.29. The summed E-state index contributed by atoms with van der Waals surface area (Å²) in [5, 5.41) is 1.76. The van der Waals surface area contributed by atoms with Crippen molar-refractivity contribution in [1.29, 1.82) is 0 Å². The molecule has 1 unspecified atom stereocenters. The van der Waals surface area contributed by atoms with Crippen LogP contribution in [-0.4, -0.2) is 47.0 Å². The van der Waals surface area contributed by atoms with E-state index in [1.807, 2.05) is 34.4 Å². The molecule has 1 aliphatic carbocycles. The number of benzene rings is 2. The fourth-order valence-corrected chi connectivity index (χ4v) is 7.15. The molecule has 1 saturated heterocycles. The summed E-state index contributed by atoms with van der Waals surface area (Å²) in [5.41, 5.74) is 3.34. The van der Waals surface area contributed by atoms with E-state index in [0.717, 1.165) is 55.2 Å². The van der Waals surface area contributed by atoms with Crippen LogP contribution in [0.25, 0.3) is 10.2 Å². The molecule has 5 nitrogen and oxygen atoms in total. The number of hydrogen-bond donors (Lipinski definition) is 0. The average molecular weight is 531 g/mol. The molecular weight excluding hydrogens is 500 g/mol. The van der Waals surface area contributed by atoms with Crippen LogP contribution < -0.4 is 4.90 Å². The molecule has 1 fully saturated rings. The van der Waals surface area contributed by atoms with Gasteiger partial charge in [-0.25, -0.2) is 9.97 Å². The molecular formula is C30H31ClN4OS. The van der Waals surface area contributed by atoms with Crippen LogP contribution in [0.2, 0.25) is 5.02 Å². The molecule has 1 amide bonds. The molecule has 3 heterocycles. The van der Waals surface area contributed by atoms with Gasteiger partial charge in [0, 0.05) is 37.5 Å². The highest BCUT2D eigenvalue weighted by Crippen LogP contribution is 2.41. The molecule has 0 spiro atoms. The fourth-order valence-electron chi connectivity index (χ4n) is 5.53. The molecule has 4 aromatic rings. The number of aryl methyl sites for hydroxylation is 3. The second-order valence-electron chi connectivity index (χ2n) is 10.2. The van der Waals surface area contributed by atoms with E-state index >= 15 is 0 Å². The largest absolute Gasteiger partial charge is 0.352 e. The maximum atomic E-state index is 13.1. The Kier molecular flexibility index (Phi) is 6.87. The second kappa shape index (κ2) is 10.4. The normalized spacial score (nSPS) is 17.7. The van der Waals surface area contributed by atoms with E-state index in [-0.39, 0.29) is 5.91 Å². The molecule has 0 saturated carbocycles. The summed E-state index contributed by atoms with van der Waals surface area (Å²) in [6.07, 6.45) is 5.19. The first kappa shape index (κ1) is 24.4. The lowest BCUT2D eigenvalue weighted by atomic mass is 9.89. The molecule has 2 aliphatic rings. The minimum Gasteiger partial charge on any atom is -0.352 e. The van der Waals surface area contributed by atoms with Crippen molar-refractivity contribution < 1.29 is 4.79 Å². The van der Waals surface area contributed by atoms with Gasteiger partial charge in [-0.2, -0.15) is 0 Å². The summed E-state index contributed by atoms with van der Waals surface area (Å²) >= 11 is 8.18. The van der Waals surface area contributed by atoms with Crippen LogP contribution in [0.5, 0.6) is 0 Å². The van der Waals surface area contributed by atoms with Crippen molar-refractivity contribution in [2.45, 2.75) is 39.0 Å². The smallest absolute Gasteiger partial charge is 0.255 e. The van der Waals surface area contributed by atoms with Gasteiger partial charge < -0.3 is 9.80 Å². The maximum Gasteiger partial charge on any atom is 0.255 e. The predicted molar refractivity (Wildman–Crippen MR) is 152 cm³/mol. The second-order valence-corrected chi connectivity index (χ2v) is 11.7. The van der Waals surface area contributed by atoms with E-state index in [1.54, 1.807) is 6.07 Å². The lowest BCUT2D eigenvalue weighted by molar-refractivity contribution is 0.0747. The quantitative estimate of drug-likeness (QED) is 0.307. The highest BCUT2D eigenvalue weighted by molar-refractivity contribution is 7.19. The number of rotatable bonds is 5. The van der Waals surface area contributed by atoms with Crippen LogP contribution in [0, 0.1) is 5.92 Å². The number of carbonyl (C=O) groups is 1. The van der Waals surface area contributed by atoms with Crippen LogP contribution in [-0.2, 0) is 25.7 Å². The van der Waals surface area contributed by atoms with E-state index in [9.17, 15) is 4.79 Å². The lowest BCUT2D eigenvalue weighted by Crippen LogP contribution is -2.49. The van der Waals surface area contributed by atoms with Gasteiger partial charge >= 0.3 is 0 Å². The lowest BCUT2D eigenvalue weighted by Gasteiger charge is -2.36. The minimum absolute atomic E-state index is 0.00327. The van der Waals surface area contributed by atoms with Crippen molar-refractivity contribution in [2.75, 3.05) is 31.1 Å². The molecule has 1 atom stereocenters. The van der Waals surface area contributed by atoms with Gasteiger partial charge in [0.2, 0.25) is 0 Å². The number of fused-ring (bicyclic) bond motifs is 3. The Morgan fingerprint density at radius 3 is 2.54 bits per heavy atom. The number of carbonyl (C=O) groups excluding carboxylic acids is 1. The van der Waals surface area contributed by atoms with Gasteiger partial charge in [0.05, 0.1) is 16.0 Å². The van der Waals surface area contributed by atoms with Crippen molar-refractivity contribution in [3.63, 3.8) is 0 Å². The minimum atomic E-state index is 0.00327. The van der Waals surface area contributed by atoms with Crippen LogP contribution in [0.1, 0.15) is 45.5 Å². The zero-order valence-electron chi connectivity index (χ0n) is 21.1. The number of hydrogen-bond acceptors (Lipinski definition) is 5. The number of amides is 1. The number of anilines is 1. The summed E-state index contributed by atoms with van der Waals surface area (Å²) < 4.78 is 0. The molecule has 0 N–H and O–H groups in total. The fraction of sp³-hybridized carbons (Fsp3) is 0.367. The summed E-state index contributed by atoms with van der Waals surface area (Å²) in [4.78, 5) is 30.3. The third-order valence-corrected chi connectivity index (χ3v) is 9.11. The Morgan fingerprint density at radius 1 is 1.00 bits per heavy atom. The zero-order chi connectivity index (χ0) is 25.4. The first-order valence-electron chi connectivity index (χ1n) is 13.2. The number of aromatic nitrogens is 2. The molecule has 0 radical (unpaired) electrons. The Morgan fingerprint density at radius 2 is 1.76 bits per heavy atom. The average Bonchev–Trinajstić information content (AvgIpc) is 3.29. The highest BCUT2D eigenvalue weighted by Gasteiger charge is 2.29. The number of nitrogens with zero attached hydrogens (tertiary/aromatic N) is 4. The van der Waals surface area contributed by atoms with E-state index < -0.39 is 0 Å². The first-order chi connectivity index (χ1) is 18.1. The molecule has 1 aliphatic heterocycles. The van der Waals surface area contributed by atoms with Gasteiger partial charge in [0.15, 0.2) is 0 Å². The summed E-state index contributed by atoms with van der Waals surface area (Å²) in [6.45, 7) is 5.15. The van der Waals surface area contributed by atoms with Gasteiger partial charge in [0.1, 0.15) is 16.5 Å². The van der Waals surface area contributed by atoms with Gasteiger partial charge in [0.25, 0.3) is 5.91 Å². The Labute approximate surface area is 227 Å². The van der Waals surface area contributed by atoms with Crippen molar-refractivity contribution in [1.82, 2.24) is 14.9 Å². The SMILES string of the molecule is CC1CCc2c(sc3nc(CCc4ccccc4)nc(N4CCN(C(=O)c5ccccc5Cl)CC4)c23)C1. The van der Waals surface area contributed by atoms with Crippen molar-refractivity contribution >= 4 is 44.9 Å². The molecule has 2 aromatic carbocycles. The summed E-state index contributed by atoms with van der Waals surface area (Å²) in [6, 6.07) is 17.9. The monoisotopic (exact) mass is 530 g/mol. The Bertz CT molecular complexity index is 1430. The zero-order valence-corrected chi connectivity index (χ0v) is 22.7. The van der Waals surface area contributed by atoms with E-state index in [4.69, 9.17) is 21.6 Å². The molecule has 7 heteroatoms. The number of halogens is 1. The summed E-state index contributed by atoms with van der Waals surface area (Å²) in [5.74, 6) is 2.69. The van der Waals surface area contributed by atoms with Crippen LogP contribution in [0.15, 0.2) is 54.6 Å². The van der Waals surface area contributed by atoms with E-state index in [0.29, 0.717) is 29.6 Å². The third-order valence-electron chi connectivity index (χ3n) is 7.63. The van der Waals surface area contributed by atoms with E-state index in [1.165, 1.54) is 27.8 Å². The molecule has 37 heavy (non-hydrogen) atoms. The van der Waals surface area contributed by atoms with Crippen LogP contribution in [0.3, 0.4) is 0 Å². The van der Waals surface area contributed by atoms with Crippen molar-refractivity contribution in [3.8, 4) is 0 Å². The maximum absolute atomic E-state index is 13.1. The Hall–Kier alpha value is -2.96. The topological polar surface area (TPSA) is 49.3 Å². The predicted octanol–water partition coefficient (Wildman–Crippen LogP) is 6.22. The summed E-state index contributed by atoms with van der Waals surface area (Å²) in [7, 11) is 0. The van der Waals surface area contributed by atoms with Gasteiger partial charge in [-0.05, 0) is 54.9 Å². The van der Waals surface area contributed by atoms with Gasteiger partial charge in [-0.15, -0.1) is 11.3 Å². The molecule has 190 valence electrons. The first-order valence-corrected chi connectivity index (χ1v) is 14.4. The van der Waals surface area contributed by atoms with Crippen molar-refractivity contribution in [3.05, 3.63) is 87.0 Å². The molecule has 6 rings (SSSR count).